The van der Waals surface area contributed by atoms with Crippen molar-refractivity contribution in [3.8, 4) is 0 Å². The van der Waals surface area contributed by atoms with Crippen molar-refractivity contribution in [2.75, 3.05) is 6.54 Å². The first kappa shape index (κ1) is 24.6. The Bertz CT molecular complexity index is 1050. The van der Waals surface area contributed by atoms with Gasteiger partial charge in [0.1, 0.15) is 12.4 Å². The highest BCUT2D eigenvalue weighted by Gasteiger charge is 2.25. The minimum absolute atomic E-state index is 0.0201. The molecular weight excluding hydrogens is 435 g/mol. The first-order valence-electron chi connectivity index (χ1n) is 11.3. The van der Waals surface area contributed by atoms with Crippen molar-refractivity contribution in [1.29, 1.82) is 0 Å². The van der Waals surface area contributed by atoms with Crippen LogP contribution in [0.1, 0.15) is 41.1 Å². The number of hydrogen-bond acceptors (Lipinski definition) is 3. The van der Waals surface area contributed by atoms with Crippen molar-refractivity contribution >= 4 is 23.2 Å². The minimum Gasteiger partial charge on any atom is -0.332 e. The quantitative estimate of drug-likeness (QED) is 0.391. The Morgan fingerprint density at radius 1 is 0.909 bits per heavy atom. The summed E-state index contributed by atoms with van der Waals surface area (Å²) >= 11 is 1.68. The van der Waals surface area contributed by atoms with E-state index in [0.717, 1.165) is 22.4 Å². The summed E-state index contributed by atoms with van der Waals surface area (Å²) in [6.45, 7) is 7.02. The van der Waals surface area contributed by atoms with Crippen molar-refractivity contribution in [2.45, 2.75) is 52.7 Å². The first-order chi connectivity index (χ1) is 15.9. The van der Waals surface area contributed by atoms with Crippen LogP contribution in [0.25, 0.3) is 0 Å². The Kier molecular flexibility index (Phi) is 8.78. The molecule has 1 aromatic heterocycles. The molecule has 6 heteroatoms. The van der Waals surface area contributed by atoms with Crippen LogP contribution in [0.2, 0.25) is 0 Å². The largest absolute Gasteiger partial charge is 0.332 e. The molecule has 33 heavy (non-hydrogen) atoms. The Hall–Kier alpha value is -2.99. The Morgan fingerprint density at radius 2 is 1.61 bits per heavy atom. The second kappa shape index (κ2) is 11.8. The summed E-state index contributed by atoms with van der Waals surface area (Å²) in [5.74, 6) is -0.547. The summed E-state index contributed by atoms with van der Waals surface area (Å²) in [7, 11) is 0. The average Bonchev–Trinajstić information content (AvgIpc) is 3.23. The lowest BCUT2D eigenvalue weighted by atomic mass is 10.1. The lowest BCUT2D eigenvalue weighted by Gasteiger charge is -2.31. The molecule has 0 saturated carbocycles. The monoisotopic (exact) mass is 466 g/mol. The van der Waals surface area contributed by atoms with E-state index in [4.69, 9.17) is 0 Å². The summed E-state index contributed by atoms with van der Waals surface area (Å²) in [6.07, 6.45) is 0.881. The van der Waals surface area contributed by atoms with Gasteiger partial charge in [0, 0.05) is 22.3 Å². The van der Waals surface area contributed by atoms with E-state index in [-0.39, 0.29) is 36.6 Å². The molecule has 0 saturated heterocycles. The predicted octanol–water partition coefficient (Wildman–Crippen LogP) is 5.59. The summed E-state index contributed by atoms with van der Waals surface area (Å²) in [6, 6.07) is 19.9. The molecular formula is C27H31FN2O2S. The number of carbonyl (C=O) groups is 2. The second-order valence-corrected chi connectivity index (χ2v) is 9.70. The number of halogens is 1. The normalized spacial score (nSPS) is 11.8. The van der Waals surface area contributed by atoms with Crippen LogP contribution in [0.15, 0.2) is 66.7 Å². The van der Waals surface area contributed by atoms with Gasteiger partial charge in [0.15, 0.2) is 0 Å². The van der Waals surface area contributed by atoms with Crippen LogP contribution < -0.4 is 0 Å². The summed E-state index contributed by atoms with van der Waals surface area (Å²) in [5, 5.41) is 0. The molecule has 2 amide bonds. The summed E-state index contributed by atoms with van der Waals surface area (Å²) < 4.78 is 13.2. The molecule has 1 heterocycles. The van der Waals surface area contributed by atoms with Crippen LogP contribution >= 0.6 is 11.3 Å². The lowest BCUT2D eigenvalue weighted by Crippen LogP contribution is -2.46. The zero-order valence-electron chi connectivity index (χ0n) is 19.5. The molecule has 0 aliphatic rings. The van der Waals surface area contributed by atoms with E-state index in [1.54, 1.807) is 28.4 Å². The molecule has 2 aromatic carbocycles. The van der Waals surface area contributed by atoms with Crippen molar-refractivity contribution in [2.24, 2.45) is 0 Å². The maximum absolute atomic E-state index is 13.5. The number of hydrogen-bond donors (Lipinski definition) is 0. The smallest absolute Gasteiger partial charge is 0.242 e. The molecule has 0 spiro atoms. The van der Waals surface area contributed by atoms with Crippen LogP contribution in [-0.4, -0.2) is 34.2 Å². The van der Waals surface area contributed by atoms with Crippen LogP contribution in [0.3, 0.4) is 0 Å². The van der Waals surface area contributed by atoms with Crippen molar-refractivity contribution in [3.05, 3.63) is 93.4 Å². The molecule has 4 nitrogen and oxygen atoms in total. The Morgan fingerprint density at radius 3 is 2.21 bits per heavy atom. The van der Waals surface area contributed by atoms with Crippen LogP contribution in [0.5, 0.6) is 0 Å². The Labute approximate surface area is 199 Å². The maximum Gasteiger partial charge on any atom is 0.242 e. The highest BCUT2D eigenvalue weighted by atomic mass is 32.1. The van der Waals surface area contributed by atoms with E-state index in [1.807, 2.05) is 49.1 Å². The fourth-order valence-electron chi connectivity index (χ4n) is 3.63. The van der Waals surface area contributed by atoms with E-state index in [1.165, 1.54) is 17.0 Å². The minimum atomic E-state index is -0.333. The molecule has 174 valence electrons. The first-order valence-corrected chi connectivity index (χ1v) is 12.1. The number of thiophene rings is 1. The van der Waals surface area contributed by atoms with Gasteiger partial charge < -0.3 is 9.80 Å². The standard InChI is InChI=1S/C27H31FN2O2S/c1-4-20(2)30(26(31)16-22-11-13-24(28)14-12-22)19-27(32)29(17-23-8-6-5-7-9-23)18-25-15-10-21(3)33-25/h5-15,20H,4,16-19H2,1-3H3. The topological polar surface area (TPSA) is 40.6 Å². The number of carbonyl (C=O) groups excluding carboxylic acids is 2. The molecule has 0 N–H and O–H groups in total. The lowest BCUT2D eigenvalue weighted by molar-refractivity contribution is -0.142. The van der Waals surface area contributed by atoms with Crippen LogP contribution in [0, 0.1) is 12.7 Å². The number of nitrogens with zero attached hydrogens (tertiary/aromatic N) is 2. The fourth-order valence-corrected chi connectivity index (χ4v) is 4.53. The van der Waals surface area contributed by atoms with Crippen molar-refractivity contribution in [3.63, 3.8) is 0 Å². The number of aryl methyl sites for hydroxylation is 1. The average molecular weight is 467 g/mol. The zero-order valence-corrected chi connectivity index (χ0v) is 20.3. The molecule has 3 rings (SSSR count). The van der Waals surface area contributed by atoms with Gasteiger partial charge in [0.2, 0.25) is 11.8 Å². The number of benzene rings is 2. The third-order valence-corrected chi connectivity index (χ3v) is 6.71. The third-order valence-electron chi connectivity index (χ3n) is 5.73. The highest BCUT2D eigenvalue weighted by Crippen LogP contribution is 2.19. The second-order valence-electron chi connectivity index (χ2n) is 8.33. The zero-order chi connectivity index (χ0) is 23.8. The van der Waals surface area contributed by atoms with Crippen molar-refractivity contribution < 1.29 is 14.0 Å². The SMILES string of the molecule is CCC(C)N(CC(=O)N(Cc1ccccc1)Cc1ccc(C)s1)C(=O)Cc1ccc(F)cc1. The van der Waals surface area contributed by atoms with Crippen LogP contribution in [0.4, 0.5) is 4.39 Å². The van der Waals surface area contributed by atoms with Crippen molar-refractivity contribution in [1.82, 2.24) is 9.80 Å². The van der Waals surface area contributed by atoms with Gasteiger partial charge in [-0.25, -0.2) is 4.39 Å². The molecule has 0 bridgehead atoms. The Balaban J connectivity index is 1.77. The van der Waals surface area contributed by atoms with Gasteiger partial charge in [0.05, 0.1) is 13.0 Å². The van der Waals surface area contributed by atoms with E-state index < -0.39 is 0 Å². The van der Waals surface area contributed by atoms with Gasteiger partial charge >= 0.3 is 0 Å². The van der Waals surface area contributed by atoms with Gasteiger partial charge in [-0.3, -0.25) is 9.59 Å². The predicted molar refractivity (Wildman–Crippen MR) is 131 cm³/mol. The fraction of sp³-hybridized carbons (Fsp3) is 0.333. The van der Waals surface area contributed by atoms with E-state index in [2.05, 4.69) is 19.1 Å². The van der Waals surface area contributed by atoms with Crippen LogP contribution in [-0.2, 0) is 29.1 Å². The molecule has 0 aliphatic heterocycles. The number of rotatable bonds is 10. The summed E-state index contributed by atoms with van der Waals surface area (Å²) in [5.41, 5.74) is 1.78. The van der Waals surface area contributed by atoms with Gasteiger partial charge in [-0.15, -0.1) is 11.3 Å². The van der Waals surface area contributed by atoms with E-state index in [9.17, 15) is 14.0 Å². The van der Waals surface area contributed by atoms with E-state index >= 15 is 0 Å². The van der Waals surface area contributed by atoms with Gasteiger partial charge in [-0.2, -0.15) is 0 Å². The molecule has 0 radical (unpaired) electrons. The van der Waals surface area contributed by atoms with Gasteiger partial charge in [-0.05, 0) is 55.7 Å². The number of amides is 2. The molecule has 3 aromatic rings. The molecule has 0 fully saturated rings. The van der Waals surface area contributed by atoms with Gasteiger partial charge in [0.25, 0.3) is 0 Å². The third kappa shape index (κ3) is 7.26. The summed E-state index contributed by atoms with van der Waals surface area (Å²) in [4.78, 5) is 32.4. The molecule has 0 aliphatic carbocycles. The van der Waals surface area contributed by atoms with Gasteiger partial charge in [-0.1, -0.05) is 49.4 Å². The molecule has 1 unspecified atom stereocenters. The van der Waals surface area contributed by atoms with E-state index in [0.29, 0.717) is 13.1 Å². The highest BCUT2D eigenvalue weighted by molar-refractivity contribution is 7.11. The maximum atomic E-state index is 13.5. The molecule has 1 atom stereocenters.